The first-order chi connectivity index (χ1) is 13.3. The zero-order valence-electron chi connectivity index (χ0n) is 14.5. The van der Waals surface area contributed by atoms with Crippen LogP contribution in [0.3, 0.4) is 0 Å². The highest BCUT2D eigenvalue weighted by Crippen LogP contribution is 2.37. The Kier molecular flexibility index (Phi) is 3.97. The molecule has 8 heteroatoms. The number of carbonyl (C=O) groups excluding carboxylic acids is 1. The third-order valence-electron chi connectivity index (χ3n) is 5.07. The van der Waals surface area contributed by atoms with E-state index in [0.29, 0.717) is 30.7 Å². The first kappa shape index (κ1) is 16.2. The largest absolute Gasteiger partial charge is 0.424 e. The number of amides is 1. The summed E-state index contributed by atoms with van der Waals surface area (Å²) < 4.78 is 16.1. The Morgan fingerprint density at radius 1 is 1.04 bits per heavy atom. The third-order valence-corrected chi connectivity index (χ3v) is 5.07. The van der Waals surface area contributed by atoms with Gasteiger partial charge in [-0.15, -0.1) is 10.2 Å². The Balaban J connectivity index is 1.16. The SMILES string of the molecule is O=C(NC1CC(c2nnc(C3COC3)o2)C1)c1cc(-c2ccccc2)no1. The second-order valence-corrected chi connectivity index (χ2v) is 6.99. The summed E-state index contributed by atoms with van der Waals surface area (Å²) in [4.78, 5) is 12.4. The minimum absolute atomic E-state index is 0.0650. The molecule has 1 N–H and O–H groups in total. The van der Waals surface area contributed by atoms with Crippen LogP contribution in [-0.4, -0.2) is 40.5 Å². The Morgan fingerprint density at radius 2 is 1.78 bits per heavy atom. The minimum atomic E-state index is -0.258. The lowest BCUT2D eigenvalue weighted by molar-refractivity contribution is -0.00314. The number of nitrogens with one attached hydrogen (secondary N) is 1. The average Bonchev–Trinajstić information content (AvgIpc) is 3.27. The average molecular weight is 366 g/mol. The number of carbonyl (C=O) groups is 1. The van der Waals surface area contributed by atoms with Crippen LogP contribution in [0.2, 0.25) is 0 Å². The fourth-order valence-electron chi connectivity index (χ4n) is 3.28. The molecule has 138 valence electrons. The number of rotatable bonds is 5. The molecule has 3 aromatic rings. The van der Waals surface area contributed by atoms with Crippen molar-refractivity contribution in [3.63, 3.8) is 0 Å². The summed E-state index contributed by atoms with van der Waals surface area (Å²) in [5.41, 5.74) is 1.55. The maximum absolute atomic E-state index is 12.4. The number of aromatic nitrogens is 3. The minimum Gasteiger partial charge on any atom is -0.424 e. The fraction of sp³-hybridized carbons (Fsp3) is 0.368. The van der Waals surface area contributed by atoms with Crippen LogP contribution in [0.1, 0.15) is 47.0 Å². The van der Waals surface area contributed by atoms with Crippen molar-refractivity contribution in [2.75, 3.05) is 13.2 Å². The van der Waals surface area contributed by atoms with Crippen LogP contribution in [0.15, 0.2) is 45.3 Å². The van der Waals surface area contributed by atoms with Gasteiger partial charge in [-0.1, -0.05) is 35.5 Å². The molecule has 1 amide bonds. The smallest absolute Gasteiger partial charge is 0.290 e. The van der Waals surface area contributed by atoms with Gasteiger partial charge in [-0.2, -0.15) is 0 Å². The molecule has 8 nitrogen and oxygen atoms in total. The van der Waals surface area contributed by atoms with Gasteiger partial charge in [0, 0.05) is 23.6 Å². The van der Waals surface area contributed by atoms with Gasteiger partial charge in [-0.25, -0.2) is 0 Å². The van der Waals surface area contributed by atoms with Crippen LogP contribution < -0.4 is 5.32 Å². The molecule has 1 aliphatic carbocycles. The quantitative estimate of drug-likeness (QED) is 0.740. The van der Waals surface area contributed by atoms with Crippen molar-refractivity contribution >= 4 is 5.91 Å². The molecular weight excluding hydrogens is 348 g/mol. The molecule has 2 aromatic heterocycles. The second kappa shape index (κ2) is 6.62. The number of ether oxygens (including phenoxy) is 1. The first-order valence-corrected chi connectivity index (χ1v) is 9.00. The maximum atomic E-state index is 12.4. The Morgan fingerprint density at radius 3 is 2.48 bits per heavy atom. The van der Waals surface area contributed by atoms with Crippen molar-refractivity contribution < 1.29 is 18.5 Å². The normalized spacial score (nSPS) is 22.1. The molecule has 27 heavy (non-hydrogen) atoms. The van der Waals surface area contributed by atoms with E-state index in [2.05, 4.69) is 20.7 Å². The van der Waals surface area contributed by atoms with Gasteiger partial charge in [0.2, 0.25) is 17.5 Å². The Bertz CT molecular complexity index is 942. The highest BCUT2D eigenvalue weighted by molar-refractivity contribution is 5.92. The maximum Gasteiger partial charge on any atom is 0.290 e. The summed E-state index contributed by atoms with van der Waals surface area (Å²) in [5.74, 6) is 1.67. The molecule has 1 aromatic carbocycles. The van der Waals surface area contributed by atoms with E-state index in [0.717, 1.165) is 18.4 Å². The lowest BCUT2D eigenvalue weighted by Crippen LogP contribution is -2.43. The van der Waals surface area contributed by atoms with Gasteiger partial charge in [-0.05, 0) is 12.8 Å². The monoisotopic (exact) mass is 366 g/mol. The van der Waals surface area contributed by atoms with Crippen LogP contribution >= 0.6 is 0 Å². The van der Waals surface area contributed by atoms with Crippen molar-refractivity contribution in [3.8, 4) is 11.3 Å². The molecule has 0 radical (unpaired) electrons. The summed E-state index contributed by atoms with van der Waals surface area (Å²) in [6, 6.07) is 11.3. The topological polar surface area (TPSA) is 103 Å². The molecule has 1 aliphatic heterocycles. The number of hydrogen-bond donors (Lipinski definition) is 1. The van der Waals surface area contributed by atoms with Crippen molar-refractivity contribution in [3.05, 3.63) is 53.9 Å². The van der Waals surface area contributed by atoms with Gasteiger partial charge < -0.3 is 19.0 Å². The summed E-state index contributed by atoms with van der Waals surface area (Å²) in [6.07, 6.45) is 1.54. The van der Waals surface area contributed by atoms with Crippen molar-refractivity contribution in [2.24, 2.45) is 0 Å². The highest BCUT2D eigenvalue weighted by atomic mass is 16.5. The zero-order chi connectivity index (χ0) is 18.2. The fourth-order valence-corrected chi connectivity index (χ4v) is 3.28. The number of nitrogens with zero attached hydrogens (tertiary/aromatic N) is 3. The van der Waals surface area contributed by atoms with Crippen molar-refractivity contribution in [2.45, 2.75) is 30.7 Å². The lowest BCUT2D eigenvalue weighted by atomic mass is 9.80. The predicted molar refractivity (Wildman–Crippen MR) is 93.0 cm³/mol. The molecule has 0 atom stereocenters. The van der Waals surface area contributed by atoms with Crippen LogP contribution in [0, 0.1) is 0 Å². The Labute approximate surface area is 154 Å². The van der Waals surface area contributed by atoms with E-state index in [4.69, 9.17) is 13.7 Å². The molecule has 0 spiro atoms. The number of hydrogen-bond acceptors (Lipinski definition) is 7. The van der Waals surface area contributed by atoms with Crippen molar-refractivity contribution in [1.82, 2.24) is 20.7 Å². The lowest BCUT2D eigenvalue weighted by Gasteiger charge is -2.33. The summed E-state index contributed by atoms with van der Waals surface area (Å²) >= 11 is 0. The Hall–Kier alpha value is -3.00. The van der Waals surface area contributed by atoms with Gasteiger partial charge in [0.05, 0.1) is 19.1 Å². The van der Waals surface area contributed by atoms with E-state index in [-0.39, 0.29) is 29.5 Å². The molecule has 2 aliphatic rings. The van der Waals surface area contributed by atoms with Crippen LogP contribution in [0.4, 0.5) is 0 Å². The molecule has 2 fully saturated rings. The zero-order valence-corrected chi connectivity index (χ0v) is 14.5. The molecule has 1 saturated carbocycles. The van der Waals surface area contributed by atoms with Crippen molar-refractivity contribution in [1.29, 1.82) is 0 Å². The predicted octanol–water partition coefficient (Wildman–Crippen LogP) is 2.51. The summed E-state index contributed by atoms with van der Waals surface area (Å²) in [6.45, 7) is 1.29. The molecular formula is C19H18N4O4. The first-order valence-electron chi connectivity index (χ1n) is 9.00. The molecule has 3 heterocycles. The third kappa shape index (κ3) is 3.12. The highest BCUT2D eigenvalue weighted by Gasteiger charge is 2.37. The van der Waals surface area contributed by atoms with Gasteiger partial charge in [-0.3, -0.25) is 4.79 Å². The molecule has 0 bridgehead atoms. The van der Waals surface area contributed by atoms with Crippen LogP contribution in [0.25, 0.3) is 11.3 Å². The molecule has 0 unspecified atom stereocenters. The summed E-state index contributed by atoms with van der Waals surface area (Å²) in [7, 11) is 0. The van der Waals surface area contributed by atoms with Gasteiger partial charge in [0.15, 0.2) is 0 Å². The van der Waals surface area contributed by atoms with E-state index in [1.54, 1.807) is 6.07 Å². The van der Waals surface area contributed by atoms with E-state index >= 15 is 0 Å². The van der Waals surface area contributed by atoms with E-state index < -0.39 is 0 Å². The van der Waals surface area contributed by atoms with Gasteiger partial charge in [0.1, 0.15) is 5.69 Å². The number of benzene rings is 1. The standard InChI is InChI=1S/C19H18N4O4/c24-17(16-8-15(23-27-16)11-4-2-1-3-5-11)20-14-6-12(7-14)18-21-22-19(26-18)13-9-25-10-13/h1-5,8,12-14H,6-7,9-10H2,(H,20,24). The van der Waals surface area contributed by atoms with Gasteiger partial charge >= 0.3 is 0 Å². The van der Waals surface area contributed by atoms with Gasteiger partial charge in [0.25, 0.3) is 5.91 Å². The van der Waals surface area contributed by atoms with E-state index in [9.17, 15) is 4.79 Å². The molecule has 1 saturated heterocycles. The second-order valence-electron chi connectivity index (χ2n) is 6.99. The van der Waals surface area contributed by atoms with E-state index in [1.165, 1.54) is 0 Å². The van der Waals surface area contributed by atoms with E-state index in [1.807, 2.05) is 30.3 Å². The van der Waals surface area contributed by atoms with Crippen LogP contribution in [0.5, 0.6) is 0 Å². The van der Waals surface area contributed by atoms with Crippen LogP contribution in [-0.2, 0) is 4.74 Å². The summed E-state index contributed by atoms with van der Waals surface area (Å²) in [5, 5.41) is 15.2. The molecule has 5 rings (SSSR count).